The van der Waals surface area contributed by atoms with Crippen molar-refractivity contribution >= 4 is 17.1 Å². The SMILES string of the molecule is CCCCc1cccc2c1nc(OC(C)C)n2C(N)=O. The molecule has 2 rings (SSSR count). The van der Waals surface area contributed by atoms with Gasteiger partial charge in [0.15, 0.2) is 0 Å². The number of rotatable bonds is 5. The van der Waals surface area contributed by atoms with Gasteiger partial charge in [0.2, 0.25) is 0 Å². The van der Waals surface area contributed by atoms with E-state index in [1.807, 2.05) is 32.0 Å². The van der Waals surface area contributed by atoms with Crippen molar-refractivity contribution in [2.75, 3.05) is 0 Å². The molecule has 0 unspecified atom stereocenters. The summed E-state index contributed by atoms with van der Waals surface area (Å²) < 4.78 is 6.94. The fourth-order valence-electron chi connectivity index (χ4n) is 2.21. The van der Waals surface area contributed by atoms with Gasteiger partial charge in [-0.05, 0) is 38.3 Å². The molecule has 5 heteroatoms. The van der Waals surface area contributed by atoms with Crippen LogP contribution in [0.4, 0.5) is 4.79 Å². The Morgan fingerprint density at radius 2 is 2.20 bits per heavy atom. The van der Waals surface area contributed by atoms with Crippen molar-refractivity contribution in [3.63, 3.8) is 0 Å². The zero-order chi connectivity index (χ0) is 14.7. The molecule has 108 valence electrons. The van der Waals surface area contributed by atoms with Crippen LogP contribution in [0.3, 0.4) is 0 Å². The Morgan fingerprint density at radius 3 is 2.80 bits per heavy atom. The summed E-state index contributed by atoms with van der Waals surface area (Å²) in [6, 6.07) is 5.50. The number of unbranched alkanes of at least 4 members (excludes halogenated alkanes) is 1. The Morgan fingerprint density at radius 1 is 1.45 bits per heavy atom. The maximum absolute atomic E-state index is 11.7. The van der Waals surface area contributed by atoms with Crippen LogP contribution in [0, 0.1) is 0 Å². The first-order chi connectivity index (χ1) is 9.54. The number of benzene rings is 1. The summed E-state index contributed by atoms with van der Waals surface area (Å²) in [4.78, 5) is 16.1. The molecule has 0 radical (unpaired) electrons. The normalized spacial score (nSPS) is 11.2. The first-order valence-electron chi connectivity index (χ1n) is 7.01. The molecule has 0 aliphatic rings. The second kappa shape index (κ2) is 5.94. The van der Waals surface area contributed by atoms with Crippen molar-refractivity contribution in [3.8, 4) is 6.01 Å². The molecule has 0 saturated carbocycles. The van der Waals surface area contributed by atoms with Gasteiger partial charge in [0.05, 0.1) is 17.1 Å². The fraction of sp³-hybridized carbons (Fsp3) is 0.467. The molecule has 1 aromatic carbocycles. The number of imidazole rings is 1. The summed E-state index contributed by atoms with van der Waals surface area (Å²) in [5.41, 5.74) is 8.09. The molecular formula is C15H21N3O2. The van der Waals surface area contributed by atoms with Gasteiger partial charge in [-0.1, -0.05) is 25.5 Å². The summed E-state index contributed by atoms with van der Waals surface area (Å²) in [7, 11) is 0. The van der Waals surface area contributed by atoms with Crippen LogP contribution in [0.2, 0.25) is 0 Å². The number of carbonyl (C=O) groups excluding carboxylic acids is 1. The maximum atomic E-state index is 11.7. The van der Waals surface area contributed by atoms with Crippen molar-refractivity contribution in [2.45, 2.75) is 46.1 Å². The first kappa shape index (κ1) is 14.4. The number of nitrogens with zero attached hydrogens (tertiary/aromatic N) is 2. The summed E-state index contributed by atoms with van der Waals surface area (Å²) >= 11 is 0. The Labute approximate surface area is 118 Å². The number of hydrogen-bond acceptors (Lipinski definition) is 3. The molecule has 0 aliphatic carbocycles. The van der Waals surface area contributed by atoms with E-state index >= 15 is 0 Å². The van der Waals surface area contributed by atoms with Gasteiger partial charge in [0.1, 0.15) is 0 Å². The van der Waals surface area contributed by atoms with Crippen LogP contribution in [-0.4, -0.2) is 21.7 Å². The molecule has 0 saturated heterocycles. The van der Waals surface area contributed by atoms with E-state index in [0.717, 1.165) is 30.3 Å². The van der Waals surface area contributed by atoms with Gasteiger partial charge >= 0.3 is 12.0 Å². The molecule has 0 bridgehead atoms. The number of hydrogen-bond donors (Lipinski definition) is 1. The molecule has 1 amide bonds. The number of para-hydroxylation sites is 1. The number of amides is 1. The van der Waals surface area contributed by atoms with Gasteiger partial charge in [-0.15, -0.1) is 0 Å². The minimum Gasteiger partial charge on any atom is -0.462 e. The Hall–Kier alpha value is -2.04. The third-order valence-corrected chi connectivity index (χ3v) is 3.10. The predicted octanol–water partition coefficient (Wildman–Crippen LogP) is 3.09. The van der Waals surface area contributed by atoms with Crippen molar-refractivity contribution in [2.24, 2.45) is 5.73 Å². The largest absolute Gasteiger partial charge is 0.462 e. The molecule has 2 N–H and O–H groups in total. The summed E-state index contributed by atoms with van der Waals surface area (Å²) in [5, 5.41) is 0. The lowest BCUT2D eigenvalue weighted by molar-refractivity contribution is 0.211. The van der Waals surface area contributed by atoms with E-state index in [2.05, 4.69) is 11.9 Å². The van der Waals surface area contributed by atoms with Crippen LogP contribution >= 0.6 is 0 Å². The lowest BCUT2D eigenvalue weighted by atomic mass is 10.1. The quantitative estimate of drug-likeness (QED) is 0.911. The van der Waals surface area contributed by atoms with Crippen LogP contribution in [0.15, 0.2) is 18.2 Å². The number of carbonyl (C=O) groups is 1. The maximum Gasteiger partial charge on any atom is 0.327 e. The average Bonchev–Trinajstić information content (AvgIpc) is 2.73. The standard InChI is InChI=1S/C15H21N3O2/c1-4-5-7-11-8-6-9-12-13(11)17-15(20-10(2)3)18(12)14(16)19/h6,8-10H,4-5,7H2,1-3H3,(H2,16,19). The molecule has 0 spiro atoms. The monoisotopic (exact) mass is 275 g/mol. The number of primary amides is 1. The van der Waals surface area contributed by atoms with E-state index in [4.69, 9.17) is 10.5 Å². The summed E-state index contributed by atoms with van der Waals surface area (Å²) in [5.74, 6) is 0. The number of nitrogens with two attached hydrogens (primary N) is 1. The molecular weight excluding hydrogens is 254 g/mol. The molecule has 20 heavy (non-hydrogen) atoms. The molecule has 0 atom stereocenters. The van der Waals surface area contributed by atoms with Crippen LogP contribution in [0.5, 0.6) is 6.01 Å². The van der Waals surface area contributed by atoms with E-state index in [0.29, 0.717) is 5.52 Å². The number of aryl methyl sites for hydroxylation is 1. The van der Waals surface area contributed by atoms with Gasteiger partial charge in [-0.25, -0.2) is 9.36 Å². The van der Waals surface area contributed by atoms with Crippen LogP contribution in [0.1, 0.15) is 39.2 Å². The van der Waals surface area contributed by atoms with E-state index in [1.165, 1.54) is 4.57 Å². The highest BCUT2D eigenvalue weighted by molar-refractivity contribution is 5.91. The summed E-state index contributed by atoms with van der Waals surface area (Å²) in [6.07, 6.45) is 3.07. The Bertz CT molecular complexity index is 617. The molecule has 0 aliphatic heterocycles. The zero-order valence-corrected chi connectivity index (χ0v) is 12.2. The fourth-order valence-corrected chi connectivity index (χ4v) is 2.21. The van der Waals surface area contributed by atoms with E-state index < -0.39 is 6.03 Å². The first-order valence-corrected chi connectivity index (χ1v) is 7.01. The minimum atomic E-state index is -0.573. The number of aromatic nitrogens is 2. The molecule has 0 fully saturated rings. The van der Waals surface area contributed by atoms with Gasteiger partial charge in [-0.3, -0.25) is 0 Å². The Balaban J connectivity index is 2.57. The van der Waals surface area contributed by atoms with Gasteiger partial charge in [-0.2, -0.15) is 4.98 Å². The van der Waals surface area contributed by atoms with Crippen molar-refractivity contribution < 1.29 is 9.53 Å². The molecule has 1 aromatic heterocycles. The zero-order valence-electron chi connectivity index (χ0n) is 12.2. The second-order valence-electron chi connectivity index (χ2n) is 5.12. The third kappa shape index (κ3) is 2.76. The van der Waals surface area contributed by atoms with Gasteiger partial charge in [0.25, 0.3) is 0 Å². The van der Waals surface area contributed by atoms with Crippen molar-refractivity contribution in [1.82, 2.24) is 9.55 Å². The molecule has 2 aromatic rings. The van der Waals surface area contributed by atoms with E-state index in [9.17, 15) is 4.79 Å². The van der Waals surface area contributed by atoms with Gasteiger partial charge < -0.3 is 10.5 Å². The lowest BCUT2D eigenvalue weighted by Gasteiger charge is -2.08. The summed E-state index contributed by atoms with van der Waals surface area (Å²) in [6.45, 7) is 5.93. The van der Waals surface area contributed by atoms with Gasteiger partial charge in [0, 0.05) is 0 Å². The smallest absolute Gasteiger partial charge is 0.327 e. The number of ether oxygens (including phenoxy) is 1. The van der Waals surface area contributed by atoms with Crippen molar-refractivity contribution in [3.05, 3.63) is 23.8 Å². The van der Waals surface area contributed by atoms with E-state index in [-0.39, 0.29) is 12.1 Å². The molecule has 5 nitrogen and oxygen atoms in total. The second-order valence-corrected chi connectivity index (χ2v) is 5.12. The highest BCUT2D eigenvalue weighted by atomic mass is 16.5. The van der Waals surface area contributed by atoms with E-state index in [1.54, 1.807) is 0 Å². The highest BCUT2D eigenvalue weighted by Crippen LogP contribution is 2.25. The highest BCUT2D eigenvalue weighted by Gasteiger charge is 2.18. The third-order valence-electron chi connectivity index (χ3n) is 3.10. The van der Waals surface area contributed by atoms with Crippen LogP contribution in [-0.2, 0) is 6.42 Å². The van der Waals surface area contributed by atoms with Crippen molar-refractivity contribution in [1.29, 1.82) is 0 Å². The van der Waals surface area contributed by atoms with Crippen LogP contribution in [0.25, 0.3) is 11.0 Å². The minimum absolute atomic E-state index is 0.0657. The average molecular weight is 275 g/mol. The Kier molecular flexibility index (Phi) is 4.27. The molecule has 1 heterocycles. The predicted molar refractivity (Wildman–Crippen MR) is 79.1 cm³/mol. The number of fused-ring (bicyclic) bond motifs is 1. The lowest BCUT2D eigenvalue weighted by Crippen LogP contribution is -2.22. The topological polar surface area (TPSA) is 70.1 Å². The van der Waals surface area contributed by atoms with Crippen LogP contribution < -0.4 is 10.5 Å².